The Hall–Kier alpha value is -3.49. The molecule has 0 fully saturated rings. The van der Waals surface area contributed by atoms with Gasteiger partial charge >= 0.3 is 6.16 Å². The van der Waals surface area contributed by atoms with Crippen molar-refractivity contribution >= 4 is 53.1 Å². The Kier molecular flexibility index (Phi) is 5.83. The van der Waals surface area contributed by atoms with Crippen molar-refractivity contribution in [2.75, 3.05) is 11.0 Å². The minimum Gasteiger partial charge on any atom is -0.449 e. The number of benzene rings is 2. The molecule has 34 heavy (non-hydrogen) atoms. The zero-order valence-corrected chi connectivity index (χ0v) is 19.8. The Morgan fingerprint density at radius 3 is 2.59 bits per heavy atom. The van der Waals surface area contributed by atoms with E-state index >= 15 is 0 Å². The van der Waals surface area contributed by atoms with E-state index in [1.165, 1.54) is 37.3 Å². The van der Waals surface area contributed by atoms with Gasteiger partial charge < -0.3 is 14.3 Å². The molecule has 0 aliphatic carbocycles. The van der Waals surface area contributed by atoms with Crippen LogP contribution in [0.25, 0.3) is 21.5 Å². The van der Waals surface area contributed by atoms with Crippen molar-refractivity contribution in [3.63, 3.8) is 0 Å². The molecule has 0 spiro atoms. The number of aromatic nitrogens is 1. The van der Waals surface area contributed by atoms with E-state index in [4.69, 9.17) is 9.52 Å². The van der Waals surface area contributed by atoms with Crippen molar-refractivity contribution < 1.29 is 40.3 Å². The number of carboxylic acid groups (broad SMARTS) is 1. The van der Waals surface area contributed by atoms with E-state index < -0.39 is 31.8 Å². The molecule has 0 radical (unpaired) electrons. The van der Waals surface area contributed by atoms with Crippen LogP contribution in [0.15, 0.2) is 56.2 Å². The van der Waals surface area contributed by atoms with Gasteiger partial charge in [0.15, 0.2) is 16.1 Å². The number of hydrogen-bond acceptors (Lipinski definition) is 9. The average molecular weight is 527 g/mol. The number of thiophene rings is 1. The topological polar surface area (TPSA) is 153 Å². The Morgan fingerprint density at radius 1 is 1.18 bits per heavy atom. The second-order valence-corrected chi connectivity index (χ2v) is 12.0. The van der Waals surface area contributed by atoms with Crippen LogP contribution < -0.4 is 9.46 Å². The standard InChI is InChI=1S/C20H15FN2O8S3/c1-10-13-8-12(21)4-6-15(13)32-19(10)34(28,29)23-14-5-3-11(7-16(14)33(2,26)27)18-22-17(9-30-18)31-20(24)25/h3-9,23H,1-2H3,(H,24,25). The van der Waals surface area contributed by atoms with Crippen LogP contribution in [0.4, 0.5) is 14.9 Å². The summed E-state index contributed by atoms with van der Waals surface area (Å²) in [6.07, 6.45) is 0.208. The van der Waals surface area contributed by atoms with Gasteiger partial charge in [0.2, 0.25) is 5.89 Å². The third-order valence-corrected chi connectivity index (χ3v) is 9.04. The van der Waals surface area contributed by atoms with Crippen molar-refractivity contribution in [3.05, 3.63) is 54.0 Å². The van der Waals surface area contributed by atoms with Gasteiger partial charge in [0, 0.05) is 16.5 Å². The normalized spacial score (nSPS) is 12.1. The van der Waals surface area contributed by atoms with Gasteiger partial charge in [-0.1, -0.05) is 0 Å². The molecule has 0 atom stereocenters. The molecule has 178 valence electrons. The fraction of sp³-hybridized carbons (Fsp3) is 0.100. The predicted octanol–water partition coefficient (Wildman–Crippen LogP) is 4.26. The summed E-state index contributed by atoms with van der Waals surface area (Å²) in [6, 6.07) is 7.62. The SMILES string of the molecule is Cc1c(S(=O)(=O)Nc2ccc(-c3nc(OC(=O)O)co3)cc2S(C)(=O)=O)sc2ccc(F)cc12. The highest BCUT2D eigenvalue weighted by Gasteiger charge is 2.26. The minimum absolute atomic E-state index is 0.0835. The largest absolute Gasteiger partial charge is 0.512 e. The second kappa shape index (κ2) is 8.38. The molecule has 0 saturated heterocycles. The van der Waals surface area contributed by atoms with Gasteiger partial charge in [-0.05, 0) is 54.3 Å². The molecule has 0 aliphatic heterocycles. The molecule has 14 heteroatoms. The zero-order chi connectivity index (χ0) is 24.8. The summed E-state index contributed by atoms with van der Waals surface area (Å²) in [7, 11) is -8.17. The lowest BCUT2D eigenvalue weighted by Gasteiger charge is -2.12. The number of ether oxygens (including phenoxy) is 1. The molecule has 2 aromatic carbocycles. The van der Waals surface area contributed by atoms with E-state index in [1.54, 1.807) is 0 Å². The van der Waals surface area contributed by atoms with E-state index in [9.17, 15) is 26.0 Å². The number of hydrogen-bond donors (Lipinski definition) is 2. The molecule has 0 aliphatic rings. The molecule has 0 amide bonds. The van der Waals surface area contributed by atoms with Crippen LogP contribution in [0.3, 0.4) is 0 Å². The van der Waals surface area contributed by atoms with Gasteiger partial charge in [0.25, 0.3) is 15.9 Å². The maximum atomic E-state index is 13.6. The minimum atomic E-state index is -4.23. The molecule has 2 aromatic heterocycles. The highest BCUT2D eigenvalue weighted by molar-refractivity contribution is 7.95. The lowest BCUT2D eigenvalue weighted by Crippen LogP contribution is -2.15. The van der Waals surface area contributed by atoms with Crippen LogP contribution in [0.2, 0.25) is 0 Å². The summed E-state index contributed by atoms with van der Waals surface area (Å²) in [4.78, 5) is 14.1. The third-order valence-electron chi connectivity index (χ3n) is 4.65. The average Bonchev–Trinajstić information content (AvgIpc) is 3.32. The number of nitrogens with zero attached hydrogens (tertiary/aromatic N) is 1. The lowest BCUT2D eigenvalue weighted by atomic mass is 10.2. The van der Waals surface area contributed by atoms with Crippen LogP contribution in [-0.2, 0) is 19.9 Å². The molecule has 10 nitrogen and oxygen atoms in total. The monoisotopic (exact) mass is 526 g/mol. The van der Waals surface area contributed by atoms with E-state index in [0.29, 0.717) is 15.6 Å². The van der Waals surface area contributed by atoms with Crippen LogP contribution in [0.1, 0.15) is 5.56 Å². The van der Waals surface area contributed by atoms with Crippen molar-refractivity contribution in [2.24, 2.45) is 0 Å². The molecule has 2 N–H and O–H groups in total. The first kappa shape index (κ1) is 23.7. The Bertz CT molecular complexity index is 1660. The molecule has 4 aromatic rings. The number of aryl methyl sites for hydroxylation is 1. The zero-order valence-electron chi connectivity index (χ0n) is 17.4. The summed E-state index contributed by atoms with van der Waals surface area (Å²) in [5.41, 5.74) is 0.246. The van der Waals surface area contributed by atoms with Crippen LogP contribution in [0, 0.1) is 12.7 Å². The third kappa shape index (κ3) is 4.60. The van der Waals surface area contributed by atoms with E-state index in [2.05, 4.69) is 14.4 Å². The first-order chi connectivity index (χ1) is 15.8. The first-order valence-corrected chi connectivity index (χ1v) is 13.5. The van der Waals surface area contributed by atoms with Crippen LogP contribution in [0.5, 0.6) is 5.88 Å². The van der Waals surface area contributed by atoms with Crippen molar-refractivity contribution in [3.8, 4) is 17.3 Å². The van der Waals surface area contributed by atoms with Gasteiger partial charge in [-0.25, -0.2) is 26.0 Å². The summed E-state index contributed by atoms with van der Waals surface area (Å²) in [6.45, 7) is 1.53. The molecular formula is C20H15FN2O8S3. The van der Waals surface area contributed by atoms with Crippen LogP contribution >= 0.6 is 11.3 Å². The number of halogens is 1. The quantitative estimate of drug-likeness (QED) is 0.351. The number of carbonyl (C=O) groups is 1. The number of anilines is 1. The fourth-order valence-electron chi connectivity index (χ4n) is 3.19. The molecule has 4 rings (SSSR count). The van der Waals surface area contributed by atoms with Gasteiger partial charge in [-0.15, -0.1) is 11.3 Å². The Labute approximate surface area is 196 Å². The van der Waals surface area contributed by atoms with E-state index in [0.717, 1.165) is 29.9 Å². The smallest absolute Gasteiger partial charge is 0.449 e. The van der Waals surface area contributed by atoms with Crippen molar-refractivity contribution in [2.45, 2.75) is 16.0 Å². The Balaban J connectivity index is 1.75. The summed E-state index contributed by atoms with van der Waals surface area (Å²) < 4.78 is 77.0. The highest BCUT2D eigenvalue weighted by Crippen LogP contribution is 2.37. The maximum Gasteiger partial charge on any atom is 0.512 e. The van der Waals surface area contributed by atoms with Gasteiger partial charge in [-0.2, -0.15) is 4.98 Å². The first-order valence-electron chi connectivity index (χ1n) is 9.27. The molecular weight excluding hydrogens is 511 g/mol. The number of nitrogens with one attached hydrogen (secondary N) is 1. The maximum absolute atomic E-state index is 13.6. The number of fused-ring (bicyclic) bond motifs is 1. The fourth-order valence-corrected chi connectivity index (χ4v) is 6.94. The predicted molar refractivity (Wildman–Crippen MR) is 121 cm³/mol. The van der Waals surface area contributed by atoms with Gasteiger partial charge in [0.1, 0.15) is 10.0 Å². The highest BCUT2D eigenvalue weighted by atomic mass is 32.2. The molecule has 0 saturated carbocycles. The van der Waals surface area contributed by atoms with Crippen molar-refractivity contribution in [1.29, 1.82) is 0 Å². The molecule has 0 unspecified atom stereocenters. The summed E-state index contributed by atoms with van der Waals surface area (Å²) in [5.74, 6) is -1.01. The lowest BCUT2D eigenvalue weighted by molar-refractivity contribution is 0.142. The molecule has 0 bridgehead atoms. The molecule has 2 heterocycles. The number of oxazole rings is 1. The number of sulfonamides is 1. The Morgan fingerprint density at radius 2 is 1.91 bits per heavy atom. The van der Waals surface area contributed by atoms with Crippen molar-refractivity contribution in [1.82, 2.24) is 4.98 Å². The summed E-state index contributed by atoms with van der Waals surface area (Å²) in [5, 5.41) is 9.09. The number of sulfone groups is 1. The van der Waals surface area contributed by atoms with Crippen LogP contribution in [-0.4, -0.2) is 39.3 Å². The van der Waals surface area contributed by atoms with Gasteiger partial charge in [-0.3, -0.25) is 4.72 Å². The second-order valence-electron chi connectivity index (χ2n) is 7.10. The number of rotatable bonds is 6. The van der Waals surface area contributed by atoms with E-state index in [1.807, 2.05) is 0 Å². The van der Waals surface area contributed by atoms with Gasteiger partial charge in [0.05, 0.1) is 10.6 Å². The van der Waals surface area contributed by atoms with E-state index in [-0.39, 0.29) is 32.1 Å². The summed E-state index contributed by atoms with van der Waals surface area (Å²) >= 11 is 0.926.